The predicted molar refractivity (Wildman–Crippen MR) is 70.2 cm³/mol. The first-order chi connectivity index (χ1) is 8.59. The van der Waals surface area contributed by atoms with E-state index in [-0.39, 0.29) is 0 Å². The SMILES string of the molecule is NS(=O)(=NC(=O)c1ccccc1)c1ccccc1. The molecule has 5 heteroatoms. The van der Waals surface area contributed by atoms with Crippen molar-refractivity contribution in [2.75, 3.05) is 0 Å². The van der Waals surface area contributed by atoms with Crippen molar-refractivity contribution in [1.29, 1.82) is 0 Å². The minimum atomic E-state index is -3.18. The van der Waals surface area contributed by atoms with Gasteiger partial charge in [-0.05, 0) is 24.3 Å². The molecule has 92 valence electrons. The Hall–Kier alpha value is -1.98. The number of amides is 1. The van der Waals surface area contributed by atoms with Gasteiger partial charge in [-0.15, -0.1) is 4.36 Å². The number of carbonyl (C=O) groups is 1. The molecule has 0 aromatic heterocycles. The lowest BCUT2D eigenvalue weighted by atomic mass is 10.2. The van der Waals surface area contributed by atoms with Gasteiger partial charge >= 0.3 is 0 Å². The van der Waals surface area contributed by atoms with E-state index in [0.717, 1.165) is 0 Å². The molecule has 0 aliphatic rings. The Morgan fingerprint density at radius 3 is 2.00 bits per heavy atom. The summed E-state index contributed by atoms with van der Waals surface area (Å²) in [5.74, 6) is -0.577. The number of nitrogens with two attached hydrogens (primary N) is 1. The Balaban J connectivity index is 2.40. The van der Waals surface area contributed by atoms with Crippen LogP contribution in [0.4, 0.5) is 0 Å². The van der Waals surface area contributed by atoms with Crippen molar-refractivity contribution in [3.63, 3.8) is 0 Å². The quantitative estimate of drug-likeness (QED) is 0.899. The van der Waals surface area contributed by atoms with Crippen LogP contribution in [-0.4, -0.2) is 10.1 Å². The van der Waals surface area contributed by atoms with Crippen molar-refractivity contribution in [1.82, 2.24) is 0 Å². The fourth-order valence-corrected chi connectivity index (χ4v) is 2.43. The molecular formula is C13H12N2O2S. The normalized spacial score (nSPS) is 13.6. The zero-order chi connectivity index (χ0) is 13.0. The molecule has 0 heterocycles. The maximum Gasteiger partial charge on any atom is 0.286 e. The number of benzene rings is 2. The van der Waals surface area contributed by atoms with Gasteiger partial charge in [0.05, 0.1) is 4.90 Å². The summed E-state index contributed by atoms with van der Waals surface area (Å²) in [4.78, 5) is 12.1. The molecule has 0 bridgehead atoms. The molecule has 0 saturated carbocycles. The van der Waals surface area contributed by atoms with Gasteiger partial charge in [-0.1, -0.05) is 36.4 Å². The van der Waals surface area contributed by atoms with Gasteiger partial charge in [0.2, 0.25) is 0 Å². The maximum atomic E-state index is 12.2. The molecule has 2 N–H and O–H groups in total. The molecule has 0 fully saturated rings. The fraction of sp³-hybridized carbons (Fsp3) is 0. The second-order valence-electron chi connectivity index (χ2n) is 3.64. The van der Waals surface area contributed by atoms with Gasteiger partial charge in [0.1, 0.15) is 9.92 Å². The molecule has 2 rings (SSSR count). The third kappa shape index (κ3) is 2.82. The second-order valence-corrected chi connectivity index (χ2v) is 5.44. The molecule has 18 heavy (non-hydrogen) atoms. The summed E-state index contributed by atoms with van der Waals surface area (Å²) >= 11 is 0. The summed E-state index contributed by atoms with van der Waals surface area (Å²) in [6.45, 7) is 0. The number of hydrogen-bond acceptors (Lipinski definition) is 2. The van der Waals surface area contributed by atoms with Gasteiger partial charge < -0.3 is 0 Å². The maximum absolute atomic E-state index is 12.2. The van der Waals surface area contributed by atoms with Gasteiger partial charge in [0.15, 0.2) is 0 Å². The molecule has 2 aromatic carbocycles. The summed E-state index contributed by atoms with van der Waals surface area (Å²) in [5, 5.41) is 5.62. The zero-order valence-electron chi connectivity index (χ0n) is 9.52. The van der Waals surface area contributed by atoms with E-state index in [1.807, 2.05) is 0 Å². The summed E-state index contributed by atoms with van der Waals surface area (Å²) < 4.78 is 15.8. The lowest BCUT2D eigenvalue weighted by Gasteiger charge is -2.03. The highest BCUT2D eigenvalue weighted by Gasteiger charge is 2.10. The largest absolute Gasteiger partial charge is 0.286 e. The van der Waals surface area contributed by atoms with E-state index < -0.39 is 15.8 Å². The van der Waals surface area contributed by atoms with Crippen LogP contribution in [0.2, 0.25) is 0 Å². The molecule has 0 saturated heterocycles. The van der Waals surface area contributed by atoms with E-state index in [1.54, 1.807) is 60.7 Å². The Kier molecular flexibility index (Phi) is 3.55. The van der Waals surface area contributed by atoms with Gasteiger partial charge in [-0.3, -0.25) is 4.79 Å². The highest BCUT2D eigenvalue weighted by molar-refractivity contribution is 7.91. The monoisotopic (exact) mass is 260 g/mol. The summed E-state index contributed by atoms with van der Waals surface area (Å²) in [6.07, 6.45) is 0. The number of hydrogen-bond donors (Lipinski definition) is 1. The first kappa shape index (κ1) is 12.5. The fourth-order valence-electron chi connectivity index (χ4n) is 1.42. The van der Waals surface area contributed by atoms with Gasteiger partial charge in [-0.25, -0.2) is 9.35 Å². The number of carbonyl (C=O) groups excluding carboxylic acids is 1. The first-order valence-electron chi connectivity index (χ1n) is 5.29. The minimum absolute atomic E-state index is 0.342. The van der Waals surface area contributed by atoms with E-state index >= 15 is 0 Å². The molecule has 0 aliphatic carbocycles. The highest BCUT2D eigenvalue weighted by Crippen LogP contribution is 2.10. The first-order valence-corrected chi connectivity index (χ1v) is 6.87. The lowest BCUT2D eigenvalue weighted by molar-refractivity contribution is 0.100. The van der Waals surface area contributed by atoms with Crippen LogP contribution in [0.15, 0.2) is 69.9 Å². The number of nitrogens with zero attached hydrogens (tertiary/aromatic N) is 1. The second kappa shape index (κ2) is 5.12. The van der Waals surface area contributed by atoms with E-state index in [4.69, 9.17) is 5.14 Å². The molecule has 4 nitrogen and oxygen atoms in total. The Morgan fingerprint density at radius 2 is 1.44 bits per heavy atom. The van der Waals surface area contributed by atoms with Crippen molar-refractivity contribution < 1.29 is 9.00 Å². The molecule has 2 aromatic rings. The van der Waals surface area contributed by atoms with Crippen molar-refractivity contribution >= 4 is 15.8 Å². The Morgan fingerprint density at radius 1 is 0.944 bits per heavy atom. The van der Waals surface area contributed by atoms with Gasteiger partial charge in [0.25, 0.3) is 5.91 Å². The van der Waals surface area contributed by atoms with Crippen LogP contribution in [0.5, 0.6) is 0 Å². The lowest BCUT2D eigenvalue weighted by Crippen LogP contribution is -2.14. The summed E-state index contributed by atoms with van der Waals surface area (Å²) in [5.41, 5.74) is 0.367. The van der Waals surface area contributed by atoms with Crippen LogP contribution in [-0.2, 0) is 9.92 Å². The smallest absolute Gasteiger partial charge is 0.266 e. The van der Waals surface area contributed by atoms with Crippen molar-refractivity contribution in [2.45, 2.75) is 4.90 Å². The van der Waals surface area contributed by atoms with E-state index in [0.29, 0.717) is 10.5 Å². The van der Waals surface area contributed by atoms with E-state index in [2.05, 4.69) is 4.36 Å². The summed E-state index contributed by atoms with van der Waals surface area (Å²) in [6, 6.07) is 16.8. The van der Waals surface area contributed by atoms with Crippen molar-refractivity contribution in [3.05, 3.63) is 66.2 Å². The number of rotatable bonds is 2. The minimum Gasteiger partial charge on any atom is -0.266 e. The Bertz CT molecular complexity index is 660. The third-order valence-electron chi connectivity index (χ3n) is 2.32. The molecule has 0 spiro atoms. The molecule has 0 radical (unpaired) electrons. The standard InChI is InChI=1S/C13H12N2O2S/c14-18(17,12-9-5-2-6-10-12)15-13(16)11-7-3-1-4-8-11/h1-10H,(H2,14,15,16,17). The van der Waals surface area contributed by atoms with Crippen LogP contribution < -0.4 is 5.14 Å². The third-order valence-corrected chi connectivity index (χ3v) is 3.70. The van der Waals surface area contributed by atoms with Crippen LogP contribution in [0.25, 0.3) is 0 Å². The van der Waals surface area contributed by atoms with Crippen molar-refractivity contribution in [2.24, 2.45) is 9.50 Å². The van der Waals surface area contributed by atoms with E-state index in [9.17, 15) is 9.00 Å². The molecular weight excluding hydrogens is 248 g/mol. The van der Waals surface area contributed by atoms with Gasteiger partial charge in [0, 0.05) is 5.56 Å². The zero-order valence-corrected chi connectivity index (χ0v) is 10.3. The van der Waals surface area contributed by atoms with Crippen LogP contribution in [0.3, 0.4) is 0 Å². The molecule has 0 aliphatic heterocycles. The summed E-state index contributed by atoms with van der Waals surface area (Å²) in [7, 11) is -3.18. The average molecular weight is 260 g/mol. The topological polar surface area (TPSA) is 72.5 Å². The van der Waals surface area contributed by atoms with Crippen LogP contribution in [0.1, 0.15) is 10.4 Å². The predicted octanol–water partition coefficient (Wildman–Crippen LogP) is 2.23. The van der Waals surface area contributed by atoms with Crippen LogP contribution in [0, 0.1) is 0 Å². The molecule has 1 amide bonds. The Labute approximate surface area is 106 Å². The molecule has 1 unspecified atom stereocenters. The molecule has 1 atom stereocenters. The van der Waals surface area contributed by atoms with E-state index in [1.165, 1.54) is 0 Å². The van der Waals surface area contributed by atoms with Crippen molar-refractivity contribution in [3.8, 4) is 0 Å². The average Bonchev–Trinajstić information content (AvgIpc) is 2.40. The van der Waals surface area contributed by atoms with Gasteiger partial charge in [-0.2, -0.15) is 0 Å². The van der Waals surface area contributed by atoms with Crippen LogP contribution >= 0.6 is 0 Å². The highest BCUT2D eigenvalue weighted by atomic mass is 32.2.